The lowest BCUT2D eigenvalue weighted by Gasteiger charge is -2.07. The summed E-state index contributed by atoms with van der Waals surface area (Å²) in [6.07, 6.45) is 0. The van der Waals surface area contributed by atoms with Gasteiger partial charge in [-0.3, -0.25) is 4.68 Å². The smallest absolute Gasteiger partial charge is 0.152 e. The Kier molecular flexibility index (Phi) is 2.52. The summed E-state index contributed by atoms with van der Waals surface area (Å²) < 4.78 is 14.6. The van der Waals surface area contributed by atoms with Crippen LogP contribution in [0.5, 0.6) is 0 Å². The molecule has 0 aliphatic carbocycles. The Morgan fingerprint density at radius 2 is 2.19 bits per heavy atom. The monoisotopic (exact) mass is 220 g/mol. The minimum Gasteiger partial charge on any atom is -0.394 e. The van der Waals surface area contributed by atoms with E-state index in [4.69, 9.17) is 5.73 Å². The van der Waals surface area contributed by atoms with Crippen LogP contribution in [0.1, 0.15) is 5.69 Å². The van der Waals surface area contributed by atoms with Gasteiger partial charge < -0.3 is 11.1 Å². The lowest BCUT2D eigenvalue weighted by Crippen LogP contribution is -2.01. The maximum atomic E-state index is 13.0. The van der Waals surface area contributed by atoms with Gasteiger partial charge in [0.2, 0.25) is 0 Å². The van der Waals surface area contributed by atoms with Gasteiger partial charge in [-0.1, -0.05) is 6.07 Å². The van der Waals surface area contributed by atoms with Crippen LogP contribution in [-0.2, 0) is 7.05 Å². The molecule has 0 bridgehead atoms. The summed E-state index contributed by atoms with van der Waals surface area (Å²) in [5, 5.41) is 7.20. The van der Waals surface area contributed by atoms with Gasteiger partial charge in [0, 0.05) is 12.7 Å². The summed E-state index contributed by atoms with van der Waals surface area (Å²) in [4.78, 5) is 0. The Labute approximate surface area is 92.9 Å². The molecule has 0 unspecified atom stereocenters. The molecule has 1 aromatic heterocycles. The zero-order valence-corrected chi connectivity index (χ0v) is 9.16. The Balaban J connectivity index is 2.34. The van der Waals surface area contributed by atoms with Gasteiger partial charge in [-0.25, -0.2) is 4.39 Å². The number of anilines is 3. The van der Waals surface area contributed by atoms with Crippen LogP contribution < -0.4 is 11.1 Å². The zero-order chi connectivity index (χ0) is 11.7. The quantitative estimate of drug-likeness (QED) is 0.815. The molecule has 0 saturated heterocycles. The van der Waals surface area contributed by atoms with Crippen molar-refractivity contribution in [3.8, 4) is 0 Å². The fourth-order valence-electron chi connectivity index (χ4n) is 1.53. The maximum Gasteiger partial charge on any atom is 0.152 e. The zero-order valence-electron chi connectivity index (χ0n) is 9.16. The van der Waals surface area contributed by atoms with Crippen molar-refractivity contribution < 1.29 is 4.39 Å². The van der Waals surface area contributed by atoms with E-state index in [2.05, 4.69) is 10.4 Å². The Hall–Kier alpha value is -2.04. The van der Waals surface area contributed by atoms with Crippen molar-refractivity contribution in [1.82, 2.24) is 9.78 Å². The van der Waals surface area contributed by atoms with Gasteiger partial charge in [0.1, 0.15) is 5.82 Å². The van der Waals surface area contributed by atoms with Crippen molar-refractivity contribution in [2.75, 3.05) is 11.1 Å². The van der Waals surface area contributed by atoms with Crippen molar-refractivity contribution in [1.29, 1.82) is 0 Å². The van der Waals surface area contributed by atoms with Crippen LogP contribution in [0.2, 0.25) is 0 Å². The largest absolute Gasteiger partial charge is 0.394 e. The van der Waals surface area contributed by atoms with E-state index in [1.54, 1.807) is 23.9 Å². The minimum atomic E-state index is -0.289. The molecule has 0 fully saturated rings. The molecule has 0 amide bonds. The second-order valence-corrected chi connectivity index (χ2v) is 3.61. The van der Waals surface area contributed by atoms with Gasteiger partial charge in [0.25, 0.3) is 0 Å². The van der Waals surface area contributed by atoms with E-state index in [1.807, 2.05) is 6.92 Å². The summed E-state index contributed by atoms with van der Waals surface area (Å²) in [6, 6.07) is 6.20. The number of nitrogens with one attached hydrogen (secondary N) is 1. The number of benzene rings is 1. The summed E-state index contributed by atoms with van der Waals surface area (Å²) >= 11 is 0. The maximum absolute atomic E-state index is 13.0. The molecule has 16 heavy (non-hydrogen) atoms. The van der Waals surface area contributed by atoms with Crippen molar-refractivity contribution >= 4 is 17.2 Å². The number of hydrogen-bond acceptors (Lipinski definition) is 3. The molecule has 2 rings (SSSR count). The average molecular weight is 220 g/mol. The van der Waals surface area contributed by atoms with Crippen molar-refractivity contribution in [2.45, 2.75) is 6.92 Å². The van der Waals surface area contributed by atoms with E-state index in [-0.39, 0.29) is 5.82 Å². The third-order valence-corrected chi connectivity index (χ3v) is 2.36. The predicted molar refractivity (Wildman–Crippen MR) is 62.0 cm³/mol. The number of nitrogens with zero attached hydrogens (tertiary/aromatic N) is 2. The molecular weight excluding hydrogens is 207 g/mol. The number of aryl methyl sites for hydroxylation is 2. The minimum absolute atomic E-state index is 0.289. The van der Waals surface area contributed by atoms with Gasteiger partial charge in [-0.2, -0.15) is 5.10 Å². The highest BCUT2D eigenvalue weighted by Gasteiger charge is 2.09. The SMILES string of the molecule is Cc1nn(C)c(Nc2cccc(F)c2)c1N. The molecule has 84 valence electrons. The Morgan fingerprint density at radius 3 is 2.75 bits per heavy atom. The van der Waals surface area contributed by atoms with Gasteiger partial charge >= 0.3 is 0 Å². The number of aromatic nitrogens is 2. The van der Waals surface area contributed by atoms with Crippen LogP contribution >= 0.6 is 0 Å². The van der Waals surface area contributed by atoms with E-state index < -0.39 is 0 Å². The van der Waals surface area contributed by atoms with Crippen LogP contribution in [0, 0.1) is 12.7 Å². The van der Waals surface area contributed by atoms with Crippen LogP contribution in [0.4, 0.5) is 21.6 Å². The fraction of sp³-hybridized carbons (Fsp3) is 0.182. The van der Waals surface area contributed by atoms with Crippen molar-refractivity contribution in [3.63, 3.8) is 0 Å². The Morgan fingerprint density at radius 1 is 1.44 bits per heavy atom. The van der Waals surface area contributed by atoms with E-state index in [0.717, 1.165) is 5.69 Å². The third-order valence-electron chi connectivity index (χ3n) is 2.36. The normalized spacial score (nSPS) is 10.4. The number of nitrogens with two attached hydrogens (primary N) is 1. The summed E-state index contributed by atoms with van der Waals surface area (Å²) in [5.41, 5.74) is 7.82. The molecule has 0 aliphatic heterocycles. The molecule has 1 heterocycles. The topological polar surface area (TPSA) is 55.9 Å². The predicted octanol–water partition coefficient (Wildman–Crippen LogP) is 2.19. The summed E-state index contributed by atoms with van der Waals surface area (Å²) in [7, 11) is 1.78. The third kappa shape index (κ3) is 1.84. The standard InChI is InChI=1S/C11H13FN4/c1-7-10(13)11(16(2)15-7)14-9-5-3-4-8(12)6-9/h3-6,14H,13H2,1-2H3. The lowest BCUT2D eigenvalue weighted by atomic mass is 10.3. The second-order valence-electron chi connectivity index (χ2n) is 3.61. The molecule has 3 N–H and O–H groups in total. The first-order valence-electron chi connectivity index (χ1n) is 4.89. The van der Waals surface area contributed by atoms with Gasteiger partial charge in [0.05, 0.1) is 11.4 Å². The summed E-state index contributed by atoms with van der Waals surface area (Å²) in [5.74, 6) is 0.380. The first-order valence-corrected chi connectivity index (χ1v) is 4.89. The van der Waals surface area contributed by atoms with E-state index >= 15 is 0 Å². The highest BCUT2D eigenvalue weighted by molar-refractivity contribution is 5.70. The molecule has 0 spiro atoms. The second kappa shape index (κ2) is 3.84. The molecule has 5 heteroatoms. The Bertz CT molecular complexity index is 519. The molecule has 2 aromatic rings. The molecule has 0 saturated carbocycles. The lowest BCUT2D eigenvalue weighted by molar-refractivity contribution is 0.628. The molecule has 1 aromatic carbocycles. The van der Waals surface area contributed by atoms with Crippen LogP contribution in [-0.4, -0.2) is 9.78 Å². The molecular formula is C11H13FN4. The number of rotatable bonds is 2. The van der Waals surface area contributed by atoms with Gasteiger partial charge in [-0.15, -0.1) is 0 Å². The number of halogens is 1. The van der Waals surface area contributed by atoms with Crippen molar-refractivity contribution in [2.24, 2.45) is 7.05 Å². The number of hydrogen-bond donors (Lipinski definition) is 2. The fourth-order valence-corrected chi connectivity index (χ4v) is 1.53. The van der Waals surface area contributed by atoms with Gasteiger partial charge in [-0.05, 0) is 25.1 Å². The van der Waals surface area contributed by atoms with E-state index in [1.165, 1.54) is 12.1 Å². The first-order chi connectivity index (χ1) is 7.58. The number of nitrogen functional groups attached to an aromatic ring is 1. The van der Waals surface area contributed by atoms with Crippen molar-refractivity contribution in [3.05, 3.63) is 35.8 Å². The molecule has 0 radical (unpaired) electrons. The molecule has 0 atom stereocenters. The highest BCUT2D eigenvalue weighted by Crippen LogP contribution is 2.25. The molecule has 4 nitrogen and oxygen atoms in total. The van der Waals surface area contributed by atoms with Crippen LogP contribution in [0.25, 0.3) is 0 Å². The van der Waals surface area contributed by atoms with Gasteiger partial charge in [0.15, 0.2) is 5.82 Å². The van der Waals surface area contributed by atoms with E-state index in [9.17, 15) is 4.39 Å². The van der Waals surface area contributed by atoms with E-state index in [0.29, 0.717) is 17.2 Å². The summed E-state index contributed by atoms with van der Waals surface area (Å²) in [6.45, 7) is 1.83. The van der Waals surface area contributed by atoms with Crippen LogP contribution in [0.15, 0.2) is 24.3 Å². The highest BCUT2D eigenvalue weighted by atomic mass is 19.1. The average Bonchev–Trinajstić information content (AvgIpc) is 2.45. The first kappa shape index (κ1) is 10.5. The van der Waals surface area contributed by atoms with Crippen LogP contribution in [0.3, 0.4) is 0 Å². The molecule has 0 aliphatic rings.